The summed E-state index contributed by atoms with van der Waals surface area (Å²) in [6, 6.07) is 8.45. The van der Waals surface area contributed by atoms with Crippen molar-refractivity contribution in [1.29, 1.82) is 0 Å². The number of anilines is 2. The number of amides is 1. The van der Waals surface area contributed by atoms with E-state index < -0.39 is 0 Å². The van der Waals surface area contributed by atoms with Gasteiger partial charge in [0.15, 0.2) is 5.82 Å². The molecule has 0 bridgehead atoms. The zero-order chi connectivity index (χ0) is 41.4. The monoisotopic (exact) mass is 812 g/mol. The Morgan fingerprint density at radius 1 is 0.776 bits per heavy atom. The number of carbonyl (C=O) groups excluding carboxylic acids is 1. The molecule has 14 heteroatoms. The Labute approximate surface area is 347 Å². The maximum absolute atomic E-state index is 12.8. The van der Waals surface area contributed by atoms with Crippen LogP contribution in [0.2, 0.25) is 0 Å². The highest BCUT2D eigenvalue weighted by Crippen LogP contribution is 2.28. The van der Waals surface area contributed by atoms with Crippen LogP contribution in [0.25, 0.3) is 11.0 Å². The second-order valence-electron chi connectivity index (χ2n) is 15.8. The largest absolute Gasteiger partial charge is 0.496 e. The number of fused-ring (bicyclic) bond motifs is 1. The van der Waals surface area contributed by atoms with Crippen molar-refractivity contribution < 1.29 is 33.2 Å². The first-order chi connectivity index (χ1) is 28.3. The van der Waals surface area contributed by atoms with E-state index in [1.54, 1.807) is 14.2 Å². The molecule has 1 aliphatic heterocycles. The van der Waals surface area contributed by atoms with Crippen molar-refractivity contribution in [3.05, 3.63) is 41.6 Å². The van der Waals surface area contributed by atoms with Gasteiger partial charge in [-0.2, -0.15) is 4.98 Å². The number of ether oxygens (including phenoxy) is 6. The molecule has 1 amide bonds. The molecule has 3 aromatic rings. The van der Waals surface area contributed by atoms with Gasteiger partial charge < -0.3 is 48.9 Å². The lowest BCUT2D eigenvalue weighted by Crippen LogP contribution is -2.48. The SMILES string of the molecule is COCCOCCOCCOCCOCCC(=O)N1CCN(Cc2ccc(Cn3ccc4nc(N)nc(NCCCCCC(C)CCCC(C)C)c43)c(OC)c2)CC1. The standard InChI is InChI=1S/C44H73N7O7/c1-35(2)10-9-12-36(3)11-7-6-8-17-46-43-42-39(47-44(45)48-43)15-18-51(42)34-38-14-13-37(32-40(38)54-5)33-49-19-21-50(22-20-49)41(52)16-23-55-26-27-57-30-31-58-29-28-56-25-24-53-4/h13-15,18,32,35-36H,6-12,16-17,19-31,33-34H2,1-5H3,(H3,45,46,47,48). The zero-order valence-electron chi connectivity index (χ0n) is 36.2. The van der Waals surface area contributed by atoms with Gasteiger partial charge in [0.2, 0.25) is 11.9 Å². The number of nitrogens with two attached hydrogens (primary N) is 1. The van der Waals surface area contributed by atoms with E-state index in [9.17, 15) is 4.79 Å². The number of hydrogen-bond donors (Lipinski definition) is 2. The Kier molecular flexibility index (Phi) is 22.2. The summed E-state index contributed by atoms with van der Waals surface area (Å²) in [6.45, 7) is 16.8. The van der Waals surface area contributed by atoms with Crippen LogP contribution in [0, 0.1) is 11.8 Å². The van der Waals surface area contributed by atoms with E-state index in [0.717, 1.165) is 72.6 Å². The van der Waals surface area contributed by atoms with Crippen LogP contribution in [0.1, 0.15) is 83.3 Å². The van der Waals surface area contributed by atoms with E-state index in [4.69, 9.17) is 34.2 Å². The van der Waals surface area contributed by atoms with Gasteiger partial charge in [0.25, 0.3) is 0 Å². The normalized spacial score (nSPS) is 14.1. The minimum atomic E-state index is 0.129. The fraction of sp³-hybridized carbons (Fsp3) is 0.705. The fourth-order valence-corrected chi connectivity index (χ4v) is 7.24. The molecule has 1 saturated heterocycles. The number of nitrogen functional groups attached to an aromatic ring is 1. The van der Waals surface area contributed by atoms with Crippen molar-refractivity contribution in [3.8, 4) is 5.75 Å². The Morgan fingerprint density at radius 2 is 1.45 bits per heavy atom. The van der Waals surface area contributed by atoms with Gasteiger partial charge in [-0.15, -0.1) is 0 Å². The summed E-state index contributed by atoms with van der Waals surface area (Å²) in [5.74, 6) is 3.61. The molecule has 1 unspecified atom stereocenters. The van der Waals surface area contributed by atoms with Crippen molar-refractivity contribution >= 4 is 28.7 Å². The number of methoxy groups -OCH3 is 2. The smallest absolute Gasteiger partial charge is 0.224 e. The molecule has 1 fully saturated rings. The molecule has 14 nitrogen and oxygen atoms in total. The Morgan fingerprint density at radius 3 is 2.12 bits per heavy atom. The number of carbonyl (C=O) groups is 1. The first-order valence-corrected chi connectivity index (χ1v) is 21.6. The van der Waals surface area contributed by atoms with Gasteiger partial charge in [-0.25, -0.2) is 4.98 Å². The Bertz CT molecular complexity index is 1580. The third-order valence-electron chi connectivity index (χ3n) is 10.6. The molecule has 0 saturated carbocycles. The van der Waals surface area contributed by atoms with Crippen molar-refractivity contribution in [1.82, 2.24) is 24.3 Å². The van der Waals surface area contributed by atoms with E-state index in [0.29, 0.717) is 85.5 Å². The van der Waals surface area contributed by atoms with Gasteiger partial charge in [-0.3, -0.25) is 9.69 Å². The first kappa shape index (κ1) is 47.2. The molecule has 4 rings (SSSR count). The number of benzene rings is 1. The molecule has 1 atom stereocenters. The van der Waals surface area contributed by atoms with Crippen LogP contribution in [0.5, 0.6) is 5.75 Å². The van der Waals surface area contributed by atoms with Crippen molar-refractivity contribution in [3.63, 3.8) is 0 Å². The third kappa shape index (κ3) is 17.4. The lowest BCUT2D eigenvalue weighted by atomic mass is 9.95. The molecule has 0 radical (unpaired) electrons. The molecule has 3 heterocycles. The highest BCUT2D eigenvalue weighted by Gasteiger charge is 2.21. The van der Waals surface area contributed by atoms with Gasteiger partial charge >= 0.3 is 0 Å². The lowest BCUT2D eigenvalue weighted by molar-refractivity contribution is -0.134. The van der Waals surface area contributed by atoms with Crippen molar-refractivity contribution in [2.24, 2.45) is 11.8 Å². The molecule has 3 N–H and O–H groups in total. The zero-order valence-corrected chi connectivity index (χ0v) is 36.2. The minimum absolute atomic E-state index is 0.129. The summed E-state index contributed by atoms with van der Waals surface area (Å²) in [5.41, 5.74) is 10.1. The van der Waals surface area contributed by atoms with Crippen LogP contribution in [0.15, 0.2) is 30.5 Å². The van der Waals surface area contributed by atoms with E-state index in [-0.39, 0.29) is 11.9 Å². The summed E-state index contributed by atoms with van der Waals surface area (Å²) in [5, 5.41) is 3.57. The number of nitrogens with zero attached hydrogens (tertiary/aromatic N) is 5. The van der Waals surface area contributed by atoms with Crippen molar-refractivity contribution in [2.75, 3.05) is 117 Å². The summed E-state index contributed by atoms with van der Waals surface area (Å²) >= 11 is 0. The molecule has 0 spiro atoms. The molecule has 1 aromatic carbocycles. The number of piperazine rings is 1. The Balaban J connectivity index is 1.14. The van der Waals surface area contributed by atoms with Crippen LogP contribution in [0.3, 0.4) is 0 Å². The molecule has 0 aliphatic carbocycles. The molecule has 2 aromatic heterocycles. The quantitative estimate of drug-likeness (QED) is 0.0708. The second-order valence-corrected chi connectivity index (χ2v) is 15.8. The van der Waals surface area contributed by atoms with Crippen molar-refractivity contribution in [2.45, 2.75) is 85.2 Å². The lowest BCUT2D eigenvalue weighted by Gasteiger charge is -2.35. The van der Waals surface area contributed by atoms with Gasteiger partial charge in [-0.05, 0) is 36.0 Å². The molecular weight excluding hydrogens is 739 g/mol. The summed E-state index contributed by atoms with van der Waals surface area (Å²) in [4.78, 5) is 26.3. The number of rotatable bonds is 31. The summed E-state index contributed by atoms with van der Waals surface area (Å²) in [7, 11) is 3.37. The summed E-state index contributed by atoms with van der Waals surface area (Å²) in [6.07, 6.45) is 11.3. The van der Waals surface area contributed by atoms with Gasteiger partial charge in [0.1, 0.15) is 11.3 Å². The van der Waals surface area contributed by atoms with E-state index in [1.807, 2.05) is 17.2 Å². The molecular formula is C44H73N7O7. The molecule has 326 valence electrons. The number of unbranched alkanes of at least 4 members (excludes halogenated alkanes) is 2. The first-order valence-electron chi connectivity index (χ1n) is 21.6. The van der Waals surface area contributed by atoms with E-state index in [1.165, 1.54) is 44.1 Å². The van der Waals surface area contributed by atoms with Crippen LogP contribution in [-0.2, 0) is 41.6 Å². The van der Waals surface area contributed by atoms with Crippen LogP contribution in [0.4, 0.5) is 11.8 Å². The second kappa shape index (κ2) is 27.3. The predicted molar refractivity (Wildman–Crippen MR) is 230 cm³/mol. The topological polar surface area (TPSA) is 148 Å². The maximum atomic E-state index is 12.8. The minimum Gasteiger partial charge on any atom is -0.496 e. The molecule has 1 aliphatic rings. The van der Waals surface area contributed by atoms with E-state index in [2.05, 4.69) is 63.7 Å². The highest BCUT2D eigenvalue weighted by molar-refractivity contribution is 5.87. The number of hydrogen-bond acceptors (Lipinski definition) is 12. The van der Waals surface area contributed by atoms with Gasteiger partial charge in [0.05, 0.1) is 85.1 Å². The average Bonchev–Trinajstić information content (AvgIpc) is 3.61. The summed E-state index contributed by atoms with van der Waals surface area (Å²) < 4.78 is 35.0. The van der Waals surface area contributed by atoms with Crippen LogP contribution >= 0.6 is 0 Å². The van der Waals surface area contributed by atoms with Crippen LogP contribution < -0.4 is 15.8 Å². The van der Waals surface area contributed by atoms with Crippen LogP contribution in [-0.4, -0.2) is 137 Å². The maximum Gasteiger partial charge on any atom is 0.224 e. The number of aromatic nitrogens is 3. The third-order valence-corrected chi connectivity index (χ3v) is 10.6. The van der Waals surface area contributed by atoms with E-state index >= 15 is 0 Å². The highest BCUT2D eigenvalue weighted by atomic mass is 16.6. The average molecular weight is 812 g/mol. The Hall–Kier alpha value is -3.53. The fourth-order valence-electron chi connectivity index (χ4n) is 7.24. The van der Waals surface area contributed by atoms with Gasteiger partial charge in [0, 0.05) is 58.1 Å². The molecule has 58 heavy (non-hydrogen) atoms. The number of nitrogens with one attached hydrogen (secondary N) is 1. The predicted octanol–water partition coefficient (Wildman–Crippen LogP) is 6.25. The van der Waals surface area contributed by atoms with Gasteiger partial charge in [-0.1, -0.05) is 71.4 Å².